The van der Waals surface area contributed by atoms with Gasteiger partial charge in [-0.3, -0.25) is 14.5 Å². The van der Waals surface area contributed by atoms with Crippen LogP contribution in [0.5, 0.6) is 0 Å². The molecule has 9 nitrogen and oxygen atoms in total. The van der Waals surface area contributed by atoms with E-state index in [0.29, 0.717) is 11.4 Å². The summed E-state index contributed by atoms with van der Waals surface area (Å²) in [5.41, 5.74) is 0.729. The predicted molar refractivity (Wildman–Crippen MR) is 114 cm³/mol. The Balaban J connectivity index is 2.12. The van der Waals surface area contributed by atoms with Crippen LogP contribution in [0.2, 0.25) is 5.02 Å². The molecule has 2 N–H and O–H groups in total. The van der Waals surface area contributed by atoms with E-state index in [1.54, 1.807) is 33.8 Å². The van der Waals surface area contributed by atoms with Gasteiger partial charge in [-0.25, -0.2) is 18.1 Å². The Hall–Kier alpha value is -2.43. The third-order valence-electron chi connectivity index (χ3n) is 4.04. The summed E-state index contributed by atoms with van der Waals surface area (Å²) in [5.74, 6) is -0.521. The van der Waals surface area contributed by atoms with Crippen molar-refractivity contribution < 1.29 is 17.7 Å². The average Bonchev–Trinajstić information content (AvgIpc) is 3.15. The fourth-order valence-corrected chi connectivity index (χ4v) is 5.03. The molecule has 0 aliphatic heterocycles. The number of imidazole rings is 1. The number of carbonyl (C=O) groups is 1. The average molecular weight is 454 g/mol. The molecule has 0 aromatic carbocycles. The molecule has 0 atom stereocenters. The van der Waals surface area contributed by atoms with Crippen molar-refractivity contribution in [2.24, 2.45) is 0 Å². The smallest absolute Gasteiger partial charge is 0.259 e. The number of amides is 1. The van der Waals surface area contributed by atoms with Crippen LogP contribution in [-0.4, -0.2) is 34.4 Å². The van der Waals surface area contributed by atoms with Crippen LogP contribution in [0.1, 0.15) is 62.3 Å². The van der Waals surface area contributed by atoms with Gasteiger partial charge in [0.2, 0.25) is 5.88 Å². The van der Waals surface area contributed by atoms with Crippen molar-refractivity contribution in [3.05, 3.63) is 40.3 Å². The number of pyridine rings is 1. The number of nitrogens with one attached hydrogen (secondary N) is 2. The number of sulfonamides is 1. The van der Waals surface area contributed by atoms with Gasteiger partial charge in [0.1, 0.15) is 5.65 Å². The molecule has 0 aliphatic carbocycles. The zero-order chi connectivity index (χ0) is 22.4. The highest BCUT2D eigenvalue weighted by molar-refractivity contribution is 7.89. The Bertz CT molecular complexity index is 1220. The lowest BCUT2D eigenvalue weighted by molar-refractivity contribution is 0.102. The molecule has 0 radical (unpaired) electrons. The number of hydrogen-bond donors (Lipinski definition) is 2. The fraction of sp³-hybridized carbons (Fsp3) is 0.421. The lowest BCUT2D eigenvalue weighted by Gasteiger charge is -2.21. The minimum absolute atomic E-state index is 0.00198. The van der Waals surface area contributed by atoms with E-state index in [2.05, 4.69) is 20.2 Å². The Morgan fingerprint density at radius 2 is 1.93 bits per heavy atom. The van der Waals surface area contributed by atoms with Crippen LogP contribution in [0.25, 0.3) is 5.65 Å². The van der Waals surface area contributed by atoms with Crippen LogP contribution < -0.4 is 10.0 Å². The van der Waals surface area contributed by atoms with Gasteiger partial charge in [-0.2, -0.15) is 0 Å². The summed E-state index contributed by atoms with van der Waals surface area (Å²) < 4.78 is 35.2. The summed E-state index contributed by atoms with van der Waals surface area (Å²) in [4.78, 5) is 17.1. The van der Waals surface area contributed by atoms with Gasteiger partial charge >= 0.3 is 0 Å². The first-order valence-corrected chi connectivity index (χ1v) is 11.1. The van der Waals surface area contributed by atoms with E-state index in [1.807, 2.05) is 13.8 Å². The highest BCUT2D eigenvalue weighted by Gasteiger charge is 2.31. The Morgan fingerprint density at radius 3 is 2.47 bits per heavy atom. The van der Waals surface area contributed by atoms with Crippen LogP contribution in [0, 0.1) is 6.92 Å². The number of hydrogen-bond acceptors (Lipinski definition) is 6. The Labute approximate surface area is 179 Å². The molecule has 0 bridgehead atoms. The number of anilines is 1. The topological polar surface area (TPSA) is 119 Å². The number of halogens is 1. The van der Waals surface area contributed by atoms with Gasteiger partial charge in [0.15, 0.2) is 5.03 Å². The number of fused-ring (bicyclic) bond motifs is 1. The van der Waals surface area contributed by atoms with E-state index >= 15 is 0 Å². The molecule has 0 saturated carbocycles. The van der Waals surface area contributed by atoms with Crippen molar-refractivity contribution in [1.82, 2.24) is 19.3 Å². The fourth-order valence-electron chi connectivity index (χ4n) is 2.93. The second-order valence-electron chi connectivity index (χ2n) is 8.36. The molecule has 1 amide bonds. The molecule has 3 heterocycles. The first kappa shape index (κ1) is 22.3. The maximum atomic E-state index is 13.1. The molecule has 3 aromatic rings. The number of aromatic nitrogens is 3. The third kappa shape index (κ3) is 4.50. The Morgan fingerprint density at radius 1 is 1.27 bits per heavy atom. The zero-order valence-corrected chi connectivity index (χ0v) is 19.1. The van der Waals surface area contributed by atoms with Crippen LogP contribution in [-0.2, 0) is 10.0 Å². The normalized spacial score (nSPS) is 12.7. The highest BCUT2D eigenvalue weighted by atomic mass is 35.5. The summed E-state index contributed by atoms with van der Waals surface area (Å²) in [6, 6.07) is 3.02. The maximum Gasteiger partial charge on any atom is 0.259 e. The van der Waals surface area contributed by atoms with Crippen molar-refractivity contribution in [2.75, 3.05) is 5.32 Å². The molecular formula is C19H24ClN5O4S. The van der Waals surface area contributed by atoms with Crippen molar-refractivity contribution >= 4 is 39.1 Å². The van der Waals surface area contributed by atoms with Crippen molar-refractivity contribution in [3.63, 3.8) is 0 Å². The number of aryl methyl sites for hydroxylation is 1. The van der Waals surface area contributed by atoms with Gasteiger partial charge < -0.3 is 4.52 Å². The first-order valence-electron chi connectivity index (χ1n) is 9.28. The molecule has 0 unspecified atom stereocenters. The van der Waals surface area contributed by atoms with Crippen LogP contribution in [0.15, 0.2) is 27.9 Å². The lowest BCUT2D eigenvalue weighted by atomic mass is 10.1. The van der Waals surface area contributed by atoms with E-state index in [-0.39, 0.29) is 33.1 Å². The second kappa shape index (κ2) is 7.68. The largest absolute Gasteiger partial charge is 0.338 e. The highest BCUT2D eigenvalue weighted by Crippen LogP contribution is 2.29. The molecule has 0 fully saturated rings. The molecular weight excluding hydrogens is 430 g/mol. The van der Waals surface area contributed by atoms with Gasteiger partial charge in [0, 0.05) is 17.8 Å². The molecule has 11 heteroatoms. The van der Waals surface area contributed by atoms with Crippen molar-refractivity contribution in [1.29, 1.82) is 0 Å². The van der Waals surface area contributed by atoms with Gasteiger partial charge in [-0.15, -0.1) is 0 Å². The van der Waals surface area contributed by atoms with E-state index in [9.17, 15) is 13.2 Å². The van der Waals surface area contributed by atoms with Gasteiger partial charge in [-0.05, 0) is 39.7 Å². The van der Waals surface area contributed by atoms with Crippen molar-refractivity contribution in [3.8, 4) is 0 Å². The summed E-state index contributed by atoms with van der Waals surface area (Å²) in [6.45, 7) is 10.7. The van der Waals surface area contributed by atoms with Gasteiger partial charge in [0.05, 0.1) is 22.0 Å². The molecule has 30 heavy (non-hydrogen) atoms. The molecule has 3 rings (SSSR count). The van der Waals surface area contributed by atoms with Gasteiger partial charge in [0.25, 0.3) is 15.9 Å². The maximum absolute atomic E-state index is 13.1. The standard InChI is InChI=1S/C19H24ClN5O4S/c1-10(2)16-18(30(27,28)24-19(4,5)6)25-9-13(20)12(8-14(25)21-16)17(26)22-15-7-11(3)23-29-15/h7-10,24H,1-6H3,(H,22,26). The number of rotatable bonds is 5. The quantitative estimate of drug-likeness (QED) is 0.607. The minimum atomic E-state index is -3.90. The number of nitrogens with zero attached hydrogens (tertiary/aromatic N) is 3. The zero-order valence-electron chi connectivity index (χ0n) is 17.6. The van der Waals surface area contributed by atoms with Crippen LogP contribution >= 0.6 is 11.6 Å². The molecule has 0 aliphatic rings. The monoisotopic (exact) mass is 453 g/mol. The molecule has 162 valence electrons. The Kier molecular flexibility index (Phi) is 5.70. The SMILES string of the molecule is Cc1cc(NC(=O)c2cc3nc(C(C)C)c(S(=O)(=O)NC(C)(C)C)n3cc2Cl)on1. The van der Waals surface area contributed by atoms with E-state index < -0.39 is 21.5 Å². The van der Waals surface area contributed by atoms with Crippen LogP contribution in [0.4, 0.5) is 5.88 Å². The first-order chi connectivity index (χ1) is 13.8. The summed E-state index contributed by atoms with van der Waals surface area (Å²) in [5, 5.41) is 6.35. The minimum Gasteiger partial charge on any atom is -0.338 e. The lowest BCUT2D eigenvalue weighted by Crippen LogP contribution is -2.41. The summed E-state index contributed by atoms with van der Waals surface area (Å²) in [7, 11) is -3.90. The van der Waals surface area contributed by atoms with E-state index in [4.69, 9.17) is 16.1 Å². The van der Waals surface area contributed by atoms with Gasteiger partial charge in [-0.1, -0.05) is 30.6 Å². The predicted octanol–water partition coefficient (Wildman–Crippen LogP) is 3.74. The van der Waals surface area contributed by atoms with E-state index in [0.717, 1.165) is 0 Å². The third-order valence-corrected chi connectivity index (χ3v) is 6.14. The van der Waals surface area contributed by atoms with E-state index in [1.165, 1.54) is 16.7 Å². The number of carbonyl (C=O) groups excluding carboxylic acids is 1. The van der Waals surface area contributed by atoms with Crippen LogP contribution in [0.3, 0.4) is 0 Å². The van der Waals surface area contributed by atoms with Crippen molar-refractivity contribution in [2.45, 2.75) is 58.0 Å². The molecule has 0 spiro atoms. The second-order valence-corrected chi connectivity index (χ2v) is 10.4. The molecule has 3 aromatic heterocycles. The summed E-state index contributed by atoms with van der Waals surface area (Å²) >= 11 is 6.34. The molecule has 0 saturated heterocycles. The summed E-state index contributed by atoms with van der Waals surface area (Å²) in [6.07, 6.45) is 1.38.